The SMILES string of the molecule is Cc1ccc(Cl)cc1N([C@H](C)C(=O)NC(C)C)S(C)(=O)=O. The van der Waals surface area contributed by atoms with Gasteiger partial charge in [-0.1, -0.05) is 17.7 Å². The molecular weight excluding hydrogens is 312 g/mol. The Labute approximate surface area is 131 Å². The fourth-order valence-corrected chi connectivity index (χ4v) is 3.40. The van der Waals surface area contributed by atoms with Crippen LogP contribution in [0.4, 0.5) is 5.69 Å². The molecule has 1 N–H and O–H groups in total. The van der Waals surface area contributed by atoms with Gasteiger partial charge in [0.05, 0.1) is 11.9 Å². The highest BCUT2D eigenvalue weighted by Gasteiger charge is 2.30. The van der Waals surface area contributed by atoms with E-state index in [1.54, 1.807) is 32.0 Å². The number of rotatable bonds is 5. The van der Waals surface area contributed by atoms with Gasteiger partial charge in [0.2, 0.25) is 15.9 Å². The number of carbonyl (C=O) groups is 1. The largest absolute Gasteiger partial charge is 0.352 e. The van der Waals surface area contributed by atoms with Crippen LogP contribution in [-0.2, 0) is 14.8 Å². The number of hydrogen-bond donors (Lipinski definition) is 1. The van der Waals surface area contributed by atoms with Gasteiger partial charge >= 0.3 is 0 Å². The molecule has 0 aliphatic rings. The highest BCUT2D eigenvalue weighted by molar-refractivity contribution is 7.92. The summed E-state index contributed by atoms with van der Waals surface area (Å²) >= 11 is 5.96. The first-order valence-electron chi connectivity index (χ1n) is 6.60. The van der Waals surface area contributed by atoms with Crippen molar-refractivity contribution in [1.82, 2.24) is 5.32 Å². The van der Waals surface area contributed by atoms with Crippen LogP contribution in [0, 0.1) is 6.92 Å². The highest BCUT2D eigenvalue weighted by Crippen LogP contribution is 2.28. The Balaban J connectivity index is 3.31. The normalized spacial score (nSPS) is 13.1. The van der Waals surface area contributed by atoms with E-state index in [1.165, 1.54) is 0 Å². The van der Waals surface area contributed by atoms with Crippen LogP contribution in [0.2, 0.25) is 5.02 Å². The third-order valence-corrected chi connectivity index (χ3v) is 4.39. The number of sulfonamides is 1. The summed E-state index contributed by atoms with van der Waals surface area (Å²) in [6, 6.07) is 4.03. The molecular formula is C14H21ClN2O3S. The number of carbonyl (C=O) groups excluding carboxylic acids is 1. The second-order valence-electron chi connectivity index (χ2n) is 5.33. The molecule has 1 aromatic carbocycles. The Kier molecular flexibility index (Phi) is 5.64. The van der Waals surface area contributed by atoms with Crippen molar-refractivity contribution in [1.29, 1.82) is 0 Å². The Morgan fingerprint density at radius 3 is 2.33 bits per heavy atom. The quantitative estimate of drug-likeness (QED) is 0.900. The lowest BCUT2D eigenvalue weighted by atomic mass is 10.1. The van der Waals surface area contributed by atoms with Gasteiger partial charge in [-0.3, -0.25) is 9.10 Å². The van der Waals surface area contributed by atoms with E-state index >= 15 is 0 Å². The summed E-state index contributed by atoms with van der Waals surface area (Å²) in [5.41, 5.74) is 1.14. The molecule has 5 nitrogen and oxygen atoms in total. The summed E-state index contributed by atoms with van der Waals surface area (Å²) in [6.45, 7) is 6.97. The highest BCUT2D eigenvalue weighted by atomic mass is 35.5. The number of halogens is 1. The van der Waals surface area contributed by atoms with Crippen LogP contribution >= 0.6 is 11.6 Å². The Hall–Kier alpha value is -1.27. The fraction of sp³-hybridized carbons (Fsp3) is 0.500. The van der Waals surface area contributed by atoms with Gasteiger partial charge in [-0.2, -0.15) is 0 Å². The zero-order chi connectivity index (χ0) is 16.4. The molecule has 21 heavy (non-hydrogen) atoms. The first kappa shape index (κ1) is 17.8. The number of anilines is 1. The fourth-order valence-electron chi connectivity index (χ4n) is 2.01. The van der Waals surface area contributed by atoms with Crippen molar-refractivity contribution in [2.45, 2.75) is 39.8 Å². The molecule has 1 amide bonds. The van der Waals surface area contributed by atoms with Crippen molar-refractivity contribution in [3.05, 3.63) is 28.8 Å². The van der Waals surface area contributed by atoms with Crippen molar-refractivity contribution < 1.29 is 13.2 Å². The first-order chi connectivity index (χ1) is 9.54. The van der Waals surface area contributed by atoms with Gasteiger partial charge in [-0.15, -0.1) is 0 Å². The molecule has 0 bridgehead atoms. The molecule has 1 aromatic rings. The minimum Gasteiger partial charge on any atom is -0.352 e. The van der Waals surface area contributed by atoms with Crippen molar-refractivity contribution in [2.75, 3.05) is 10.6 Å². The lowest BCUT2D eigenvalue weighted by molar-refractivity contribution is -0.122. The molecule has 0 aromatic heterocycles. The summed E-state index contributed by atoms with van der Waals surface area (Å²) in [7, 11) is -3.62. The number of nitrogens with zero attached hydrogens (tertiary/aromatic N) is 1. The molecule has 0 aliphatic carbocycles. The van der Waals surface area contributed by atoms with E-state index in [9.17, 15) is 13.2 Å². The molecule has 0 spiro atoms. The van der Waals surface area contributed by atoms with Gasteiger partial charge in [-0.05, 0) is 45.4 Å². The van der Waals surface area contributed by atoms with Crippen LogP contribution in [0.5, 0.6) is 0 Å². The molecule has 0 aliphatic heterocycles. The predicted octanol–water partition coefficient (Wildman–Crippen LogP) is 2.33. The minimum absolute atomic E-state index is 0.0678. The zero-order valence-corrected chi connectivity index (χ0v) is 14.4. The van der Waals surface area contributed by atoms with Crippen LogP contribution in [0.25, 0.3) is 0 Å². The maximum Gasteiger partial charge on any atom is 0.243 e. The maximum absolute atomic E-state index is 12.2. The number of benzene rings is 1. The van der Waals surface area contributed by atoms with Crippen LogP contribution in [-0.4, -0.2) is 32.7 Å². The predicted molar refractivity (Wildman–Crippen MR) is 86.3 cm³/mol. The van der Waals surface area contributed by atoms with Gasteiger partial charge in [0.15, 0.2) is 0 Å². The molecule has 0 saturated carbocycles. The molecule has 0 saturated heterocycles. The Morgan fingerprint density at radius 1 is 1.29 bits per heavy atom. The maximum atomic E-state index is 12.2. The van der Waals surface area contributed by atoms with Gasteiger partial charge in [0, 0.05) is 11.1 Å². The van der Waals surface area contributed by atoms with E-state index in [2.05, 4.69) is 5.32 Å². The first-order valence-corrected chi connectivity index (χ1v) is 8.82. The third-order valence-electron chi connectivity index (χ3n) is 2.93. The topological polar surface area (TPSA) is 66.5 Å². The second-order valence-corrected chi connectivity index (χ2v) is 7.62. The van der Waals surface area contributed by atoms with E-state index in [-0.39, 0.29) is 11.9 Å². The van der Waals surface area contributed by atoms with E-state index < -0.39 is 16.1 Å². The molecule has 0 heterocycles. The molecule has 1 rings (SSSR count). The zero-order valence-electron chi connectivity index (χ0n) is 12.8. The minimum atomic E-state index is -3.62. The summed E-state index contributed by atoms with van der Waals surface area (Å²) in [5.74, 6) is -0.352. The van der Waals surface area contributed by atoms with Crippen molar-refractivity contribution in [3.63, 3.8) is 0 Å². The number of amides is 1. The average molecular weight is 333 g/mol. The average Bonchev–Trinajstić information content (AvgIpc) is 2.31. The van der Waals surface area contributed by atoms with Gasteiger partial charge in [-0.25, -0.2) is 8.42 Å². The lowest BCUT2D eigenvalue weighted by Gasteiger charge is -2.30. The van der Waals surface area contributed by atoms with E-state index in [0.29, 0.717) is 10.7 Å². The molecule has 7 heteroatoms. The van der Waals surface area contributed by atoms with Crippen LogP contribution < -0.4 is 9.62 Å². The van der Waals surface area contributed by atoms with Gasteiger partial charge in [0.25, 0.3) is 0 Å². The molecule has 118 valence electrons. The summed E-state index contributed by atoms with van der Waals surface area (Å²) < 4.78 is 25.4. The third kappa shape index (κ3) is 4.61. The number of hydrogen-bond acceptors (Lipinski definition) is 3. The second kappa shape index (κ2) is 6.66. The summed E-state index contributed by atoms with van der Waals surface area (Å²) in [4.78, 5) is 12.2. The van der Waals surface area contributed by atoms with E-state index in [1.807, 2.05) is 13.8 Å². The van der Waals surface area contributed by atoms with Crippen LogP contribution in [0.15, 0.2) is 18.2 Å². The Morgan fingerprint density at radius 2 is 1.86 bits per heavy atom. The Bertz CT molecular complexity index is 629. The lowest BCUT2D eigenvalue weighted by Crippen LogP contribution is -2.49. The van der Waals surface area contributed by atoms with Crippen molar-refractivity contribution in [2.24, 2.45) is 0 Å². The van der Waals surface area contributed by atoms with Crippen molar-refractivity contribution >= 4 is 33.2 Å². The molecule has 1 atom stereocenters. The van der Waals surface area contributed by atoms with Gasteiger partial charge < -0.3 is 5.32 Å². The summed E-state index contributed by atoms with van der Waals surface area (Å²) in [6.07, 6.45) is 1.08. The van der Waals surface area contributed by atoms with Crippen molar-refractivity contribution in [3.8, 4) is 0 Å². The van der Waals surface area contributed by atoms with Crippen LogP contribution in [0.1, 0.15) is 26.3 Å². The molecule has 0 unspecified atom stereocenters. The van der Waals surface area contributed by atoms with Gasteiger partial charge in [0.1, 0.15) is 6.04 Å². The molecule has 0 fully saturated rings. The monoisotopic (exact) mass is 332 g/mol. The summed E-state index contributed by atoms with van der Waals surface area (Å²) in [5, 5.41) is 3.14. The number of nitrogens with one attached hydrogen (secondary N) is 1. The smallest absolute Gasteiger partial charge is 0.243 e. The van der Waals surface area contributed by atoms with E-state index in [4.69, 9.17) is 11.6 Å². The number of aryl methyl sites for hydroxylation is 1. The molecule has 0 radical (unpaired) electrons. The standard InChI is InChI=1S/C14H21ClN2O3S/c1-9(2)16-14(18)11(4)17(21(5,19)20)13-8-12(15)7-6-10(13)3/h6-9,11H,1-5H3,(H,16,18)/t11-/m1/s1. The van der Waals surface area contributed by atoms with E-state index in [0.717, 1.165) is 16.1 Å². The van der Waals surface area contributed by atoms with Crippen LogP contribution in [0.3, 0.4) is 0 Å².